The van der Waals surface area contributed by atoms with Gasteiger partial charge in [0.2, 0.25) is 29.5 Å². The molecule has 6 amide bonds. The molecular weight excluding hydrogens is 867 g/mol. The number of benzene rings is 1. The number of carbonyl (C=O) groups is 8. The van der Waals surface area contributed by atoms with Gasteiger partial charge in [0.25, 0.3) is 5.91 Å². The highest BCUT2D eigenvalue weighted by Crippen LogP contribution is 2.31. The largest absolute Gasteiger partial charge is 0.481 e. The van der Waals surface area contributed by atoms with Gasteiger partial charge in [-0.2, -0.15) is 0 Å². The highest BCUT2D eigenvalue weighted by molar-refractivity contribution is 5.94. The van der Waals surface area contributed by atoms with Gasteiger partial charge in [0, 0.05) is 56.1 Å². The highest BCUT2D eigenvalue weighted by atomic mass is 16.5. The van der Waals surface area contributed by atoms with Gasteiger partial charge in [-0.1, -0.05) is 20.3 Å². The van der Waals surface area contributed by atoms with Gasteiger partial charge in [0.05, 0.1) is 24.4 Å². The second kappa shape index (κ2) is 30.2. The third kappa shape index (κ3) is 24.3. The molecule has 1 fully saturated rings. The van der Waals surface area contributed by atoms with E-state index in [9.17, 15) is 48.6 Å². The third-order valence-electron chi connectivity index (χ3n) is 12.0. The molecule has 1 aliphatic rings. The molecule has 378 valence electrons. The fraction of sp³-hybridized carbons (Fsp3) is 0.708. The predicted octanol–water partition coefficient (Wildman–Crippen LogP) is 4.17. The van der Waals surface area contributed by atoms with E-state index in [0.29, 0.717) is 63.0 Å². The fourth-order valence-electron chi connectivity index (χ4n) is 7.55. The lowest BCUT2D eigenvalue weighted by Gasteiger charge is -2.30. The standard InChI is InChI=1S/C48H79N7O12/c1-7-27-50-35-18-16-33(17-19-35)43(61)51-28-10-9-11-36(42(49)60)53-40(57)24-25-47(3,4)66-30-26-48(5,6)67-31-29-52-45(63)37(21-23-41(58)59)54-39(56)22-20-38(46(64)65)55-44(62)34-14-12-32(8-2)13-15-34/h16-19,32,34,36-38,50H,7-15,20-31H2,1-6H3,(H2,49,60)(H,51,61)(H,52,63)(H,53,57)(H,54,56)(H,55,62)(H,58,59)(H,64,65). The number of ether oxygens (including phenoxy) is 2. The number of carbonyl (C=O) groups excluding carboxylic acids is 6. The van der Waals surface area contributed by atoms with Gasteiger partial charge in [-0.15, -0.1) is 0 Å². The third-order valence-corrected chi connectivity index (χ3v) is 12.0. The Morgan fingerprint density at radius 2 is 1.30 bits per heavy atom. The monoisotopic (exact) mass is 946 g/mol. The quantitative estimate of drug-likeness (QED) is 0.0439. The van der Waals surface area contributed by atoms with Gasteiger partial charge in [-0.05, 0) is 135 Å². The minimum absolute atomic E-state index is 0.0474. The lowest BCUT2D eigenvalue weighted by molar-refractivity contribution is -0.143. The molecule has 2 rings (SSSR count). The Morgan fingerprint density at radius 3 is 1.91 bits per heavy atom. The average Bonchev–Trinajstić information content (AvgIpc) is 3.28. The SMILES string of the molecule is CCCNc1ccc(C(=O)NCCCCC(NC(=O)CCC(C)(C)OCCC(C)(C)OCCNC(=O)C(CCC(=O)O)NC(=O)CCC(NC(=O)C2CCC(CC)CC2)C(=O)O)C(N)=O)cc1. The number of aliphatic carboxylic acids is 2. The minimum atomic E-state index is -1.29. The van der Waals surface area contributed by atoms with Crippen molar-refractivity contribution in [1.29, 1.82) is 0 Å². The summed E-state index contributed by atoms with van der Waals surface area (Å²) in [5.74, 6) is -4.96. The van der Waals surface area contributed by atoms with E-state index in [-0.39, 0.29) is 69.1 Å². The number of nitrogens with two attached hydrogens (primary N) is 1. The van der Waals surface area contributed by atoms with Crippen molar-refractivity contribution >= 4 is 53.1 Å². The van der Waals surface area contributed by atoms with Gasteiger partial charge in [0.15, 0.2) is 0 Å². The van der Waals surface area contributed by atoms with Crippen molar-refractivity contribution in [1.82, 2.24) is 26.6 Å². The van der Waals surface area contributed by atoms with Crippen LogP contribution in [0.25, 0.3) is 0 Å². The number of unbranched alkanes of at least 4 members (excludes halogenated alkanes) is 1. The van der Waals surface area contributed by atoms with E-state index in [1.165, 1.54) is 0 Å². The van der Waals surface area contributed by atoms with E-state index in [4.69, 9.17) is 15.2 Å². The van der Waals surface area contributed by atoms with Gasteiger partial charge in [0.1, 0.15) is 18.1 Å². The smallest absolute Gasteiger partial charge is 0.326 e. The summed E-state index contributed by atoms with van der Waals surface area (Å²) in [6, 6.07) is 3.90. The molecule has 1 aromatic rings. The molecule has 3 atom stereocenters. The number of carboxylic acid groups (broad SMARTS) is 2. The minimum Gasteiger partial charge on any atom is -0.481 e. The summed E-state index contributed by atoms with van der Waals surface area (Å²) in [5.41, 5.74) is 5.70. The van der Waals surface area contributed by atoms with Crippen LogP contribution in [0.15, 0.2) is 24.3 Å². The zero-order valence-corrected chi connectivity index (χ0v) is 40.6. The molecule has 67 heavy (non-hydrogen) atoms. The first-order chi connectivity index (χ1) is 31.6. The summed E-state index contributed by atoms with van der Waals surface area (Å²) in [6.45, 7) is 13.2. The van der Waals surface area contributed by atoms with E-state index in [2.05, 4.69) is 45.7 Å². The lowest BCUT2D eigenvalue weighted by Crippen LogP contribution is -2.49. The molecule has 0 aliphatic heterocycles. The van der Waals surface area contributed by atoms with Crippen LogP contribution in [0.5, 0.6) is 0 Å². The number of carboxylic acids is 2. The summed E-state index contributed by atoms with van der Waals surface area (Å²) < 4.78 is 12.1. The second-order valence-electron chi connectivity index (χ2n) is 18.7. The second-order valence-corrected chi connectivity index (χ2v) is 18.7. The molecule has 19 nitrogen and oxygen atoms in total. The molecule has 0 bridgehead atoms. The molecule has 0 spiro atoms. The molecule has 0 saturated heterocycles. The highest BCUT2D eigenvalue weighted by Gasteiger charge is 2.30. The number of nitrogens with one attached hydrogen (secondary N) is 6. The summed E-state index contributed by atoms with van der Waals surface area (Å²) in [7, 11) is 0. The van der Waals surface area contributed by atoms with Crippen LogP contribution in [0.4, 0.5) is 5.69 Å². The van der Waals surface area contributed by atoms with Crippen molar-refractivity contribution in [3.63, 3.8) is 0 Å². The first-order valence-electron chi connectivity index (χ1n) is 24.0. The Labute approximate surface area is 395 Å². The number of hydrogen-bond acceptors (Lipinski definition) is 11. The van der Waals surface area contributed by atoms with E-state index in [1.807, 2.05) is 39.8 Å². The summed E-state index contributed by atoms with van der Waals surface area (Å²) in [5, 5.41) is 35.5. The fourth-order valence-corrected chi connectivity index (χ4v) is 7.55. The molecule has 1 aliphatic carbocycles. The van der Waals surface area contributed by atoms with Crippen molar-refractivity contribution in [2.45, 2.75) is 174 Å². The Morgan fingerprint density at radius 1 is 0.687 bits per heavy atom. The predicted molar refractivity (Wildman–Crippen MR) is 253 cm³/mol. The normalized spacial score (nSPS) is 16.4. The molecule has 19 heteroatoms. The van der Waals surface area contributed by atoms with Crippen molar-refractivity contribution in [2.24, 2.45) is 17.6 Å². The maximum absolute atomic E-state index is 13.1. The Hall–Kier alpha value is -5.30. The van der Waals surface area contributed by atoms with Gasteiger partial charge < -0.3 is 57.3 Å². The zero-order valence-electron chi connectivity index (χ0n) is 40.6. The van der Waals surface area contributed by atoms with Gasteiger partial charge >= 0.3 is 11.9 Å². The van der Waals surface area contributed by atoms with Crippen LogP contribution in [0, 0.1) is 11.8 Å². The summed E-state index contributed by atoms with van der Waals surface area (Å²) in [6.07, 6.45) is 6.48. The number of hydrogen-bond donors (Lipinski definition) is 9. The molecular formula is C48H79N7O12. The lowest BCUT2D eigenvalue weighted by atomic mass is 9.80. The molecule has 0 radical (unpaired) electrons. The number of amides is 6. The van der Waals surface area contributed by atoms with Crippen LogP contribution in [0.3, 0.4) is 0 Å². The van der Waals surface area contributed by atoms with Crippen molar-refractivity contribution < 1.29 is 58.0 Å². The van der Waals surface area contributed by atoms with E-state index >= 15 is 0 Å². The first-order valence-corrected chi connectivity index (χ1v) is 24.0. The van der Waals surface area contributed by atoms with Gasteiger partial charge in [-0.3, -0.25) is 33.6 Å². The van der Waals surface area contributed by atoms with Crippen LogP contribution in [0.1, 0.15) is 155 Å². The maximum Gasteiger partial charge on any atom is 0.326 e. The van der Waals surface area contributed by atoms with E-state index < -0.39 is 65.4 Å². The molecule has 10 N–H and O–H groups in total. The average molecular weight is 946 g/mol. The van der Waals surface area contributed by atoms with Crippen LogP contribution < -0.4 is 37.6 Å². The molecule has 1 aromatic carbocycles. The Kier molecular flexibility index (Phi) is 26.0. The Bertz CT molecular complexity index is 1750. The number of rotatable bonds is 34. The number of anilines is 1. The molecule has 3 unspecified atom stereocenters. The number of primary amides is 1. The first kappa shape index (κ1) is 57.8. The summed E-state index contributed by atoms with van der Waals surface area (Å²) >= 11 is 0. The molecule has 0 heterocycles. The van der Waals surface area contributed by atoms with Crippen LogP contribution in [-0.2, 0) is 43.0 Å². The molecule has 0 aromatic heterocycles. The van der Waals surface area contributed by atoms with E-state index in [0.717, 1.165) is 37.9 Å². The van der Waals surface area contributed by atoms with Crippen molar-refractivity contribution in [3.05, 3.63) is 29.8 Å². The van der Waals surface area contributed by atoms with Crippen molar-refractivity contribution in [2.75, 3.05) is 38.2 Å². The van der Waals surface area contributed by atoms with Crippen molar-refractivity contribution in [3.8, 4) is 0 Å². The van der Waals surface area contributed by atoms with E-state index in [1.54, 1.807) is 12.1 Å². The zero-order chi connectivity index (χ0) is 50.0. The maximum atomic E-state index is 13.1. The molecule has 1 saturated carbocycles. The van der Waals surface area contributed by atoms with Crippen LogP contribution >= 0.6 is 0 Å². The van der Waals surface area contributed by atoms with Gasteiger partial charge in [-0.25, -0.2) is 4.79 Å². The van der Waals surface area contributed by atoms with Crippen LogP contribution in [-0.4, -0.2) is 120 Å². The summed E-state index contributed by atoms with van der Waals surface area (Å²) in [4.78, 5) is 99.4. The van der Waals surface area contributed by atoms with Crippen LogP contribution in [0.2, 0.25) is 0 Å². The Balaban J connectivity index is 1.71. The topological polar surface area (TPSA) is 294 Å².